The van der Waals surface area contributed by atoms with Gasteiger partial charge < -0.3 is 21.1 Å². The van der Waals surface area contributed by atoms with E-state index in [0.717, 1.165) is 31.5 Å². The zero-order valence-corrected chi connectivity index (χ0v) is 19.5. The molecule has 2 aromatic rings. The molecule has 180 valence electrons. The Hall–Kier alpha value is -3.39. The SMILES string of the molecule is Cc1cccc(C(=O)Nc2ccc(N3CCC(C(N)=O)(N4CCCCC4)CC3)c(C(=O)O)c2)c1. The smallest absolute Gasteiger partial charge is 0.337 e. The fraction of sp³-hybridized carbons (Fsp3) is 0.423. The number of anilines is 2. The third-order valence-electron chi connectivity index (χ3n) is 7.12. The normalized spacial score (nSPS) is 18.3. The predicted octanol–water partition coefficient (Wildman–Crippen LogP) is 3.26. The molecule has 2 aliphatic rings. The third-order valence-corrected chi connectivity index (χ3v) is 7.12. The third kappa shape index (κ3) is 4.77. The summed E-state index contributed by atoms with van der Waals surface area (Å²) in [6, 6.07) is 12.2. The number of aromatic carboxylic acids is 1. The number of carbonyl (C=O) groups is 3. The largest absolute Gasteiger partial charge is 0.478 e. The van der Waals surface area contributed by atoms with E-state index >= 15 is 0 Å². The lowest BCUT2D eigenvalue weighted by Gasteiger charge is -2.48. The van der Waals surface area contributed by atoms with Gasteiger partial charge >= 0.3 is 5.97 Å². The Morgan fingerprint density at radius 3 is 2.29 bits per heavy atom. The summed E-state index contributed by atoms with van der Waals surface area (Å²) in [6.07, 6.45) is 4.43. The fourth-order valence-electron chi connectivity index (χ4n) is 5.21. The molecule has 2 amide bonds. The van der Waals surface area contributed by atoms with E-state index in [4.69, 9.17) is 5.73 Å². The number of primary amides is 1. The second-order valence-electron chi connectivity index (χ2n) is 9.29. The second-order valence-corrected chi connectivity index (χ2v) is 9.29. The average Bonchev–Trinajstić information content (AvgIpc) is 2.84. The molecule has 0 unspecified atom stereocenters. The maximum atomic E-state index is 12.6. The highest BCUT2D eigenvalue weighted by atomic mass is 16.4. The van der Waals surface area contributed by atoms with Crippen LogP contribution in [-0.4, -0.2) is 59.5 Å². The Bertz CT molecular complexity index is 1090. The van der Waals surface area contributed by atoms with Crippen LogP contribution in [0.1, 0.15) is 58.4 Å². The Balaban J connectivity index is 1.51. The number of hydrogen-bond acceptors (Lipinski definition) is 5. The highest BCUT2D eigenvalue weighted by Gasteiger charge is 2.45. The van der Waals surface area contributed by atoms with Gasteiger partial charge in [0.2, 0.25) is 5.91 Å². The van der Waals surface area contributed by atoms with Crippen LogP contribution >= 0.6 is 0 Å². The lowest BCUT2D eigenvalue weighted by molar-refractivity contribution is -0.132. The van der Waals surface area contributed by atoms with E-state index in [1.807, 2.05) is 24.0 Å². The summed E-state index contributed by atoms with van der Waals surface area (Å²) in [5, 5.41) is 12.7. The number of nitrogens with two attached hydrogens (primary N) is 1. The molecular weight excluding hydrogens is 432 g/mol. The molecule has 0 radical (unpaired) electrons. The molecule has 2 aromatic carbocycles. The topological polar surface area (TPSA) is 116 Å². The van der Waals surface area contributed by atoms with Crippen molar-refractivity contribution in [2.45, 2.75) is 44.6 Å². The minimum absolute atomic E-state index is 0.117. The van der Waals surface area contributed by atoms with Crippen molar-refractivity contribution in [3.8, 4) is 0 Å². The van der Waals surface area contributed by atoms with Crippen LogP contribution in [0, 0.1) is 6.92 Å². The van der Waals surface area contributed by atoms with Crippen LogP contribution in [0.4, 0.5) is 11.4 Å². The van der Waals surface area contributed by atoms with Crippen molar-refractivity contribution in [2.75, 3.05) is 36.4 Å². The molecule has 8 heteroatoms. The van der Waals surface area contributed by atoms with Gasteiger partial charge in [0.15, 0.2) is 0 Å². The van der Waals surface area contributed by atoms with Crippen molar-refractivity contribution in [3.63, 3.8) is 0 Å². The van der Waals surface area contributed by atoms with Gasteiger partial charge in [0.05, 0.1) is 11.3 Å². The van der Waals surface area contributed by atoms with Gasteiger partial charge in [-0.1, -0.05) is 24.1 Å². The van der Waals surface area contributed by atoms with Crippen LogP contribution in [-0.2, 0) is 4.79 Å². The van der Waals surface area contributed by atoms with E-state index < -0.39 is 11.5 Å². The standard InChI is InChI=1S/C26H32N4O4/c1-18-6-5-7-19(16-18)23(31)28-20-8-9-22(21(17-20)24(32)33)29-14-10-26(11-15-29,25(27)34)30-12-3-2-4-13-30/h5-9,16-17H,2-4,10-15H2,1H3,(H2,27,34)(H,28,31)(H,32,33). The molecule has 2 heterocycles. The van der Waals surface area contributed by atoms with E-state index in [9.17, 15) is 19.5 Å². The van der Waals surface area contributed by atoms with Crippen LogP contribution in [0.15, 0.2) is 42.5 Å². The lowest BCUT2D eigenvalue weighted by atomic mass is 9.83. The molecule has 2 fully saturated rings. The molecule has 0 spiro atoms. The molecule has 4 rings (SSSR count). The number of aryl methyl sites for hydroxylation is 1. The van der Waals surface area contributed by atoms with E-state index in [2.05, 4.69) is 10.2 Å². The van der Waals surface area contributed by atoms with Crippen molar-refractivity contribution in [3.05, 3.63) is 59.2 Å². The molecule has 0 saturated carbocycles. The number of hydrogen-bond donors (Lipinski definition) is 3. The monoisotopic (exact) mass is 464 g/mol. The molecule has 4 N–H and O–H groups in total. The van der Waals surface area contributed by atoms with Crippen molar-refractivity contribution >= 4 is 29.2 Å². The molecule has 0 aromatic heterocycles. The minimum Gasteiger partial charge on any atom is -0.478 e. The van der Waals surface area contributed by atoms with Gasteiger partial charge in [-0.25, -0.2) is 4.79 Å². The molecule has 0 bridgehead atoms. The lowest BCUT2D eigenvalue weighted by Crippen LogP contribution is -2.63. The van der Waals surface area contributed by atoms with Gasteiger partial charge in [-0.2, -0.15) is 0 Å². The zero-order chi connectivity index (χ0) is 24.3. The van der Waals surface area contributed by atoms with Crippen molar-refractivity contribution in [1.82, 2.24) is 4.90 Å². The quantitative estimate of drug-likeness (QED) is 0.604. The van der Waals surface area contributed by atoms with Gasteiger partial charge in [0, 0.05) is 24.3 Å². The van der Waals surface area contributed by atoms with E-state index in [0.29, 0.717) is 42.9 Å². The Morgan fingerprint density at radius 1 is 0.971 bits per heavy atom. The van der Waals surface area contributed by atoms with Crippen molar-refractivity contribution in [1.29, 1.82) is 0 Å². The molecule has 0 atom stereocenters. The summed E-state index contributed by atoms with van der Waals surface area (Å²) in [6.45, 7) is 4.73. The van der Waals surface area contributed by atoms with Gasteiger partial charge in [-0.05, 0) is 76.0 Å². The number of amides is 2. The zero-order valence-electron chi connectivity index (χ0n) is 19.5. The first-order chi connectivity index (χ1) is 16.3. The minimum atomic E-state index is -1.07. The number of carboxylic acid groups (broad SMARTS) is 1. The fourth-order valence-corrected chi connectivity index (χ4v) is 5.21. The number of carbonyl (C=O) groups excluding carboxylic acids is 2. The average molecular weight is 465 g/mol. The number of rotatable bonds is 6. The molecule has 2 aliphatic heterocycles. The molecule has 8 nitrogen and oxygen atoms in total. The van der Waals surface area contributed by atoms with Gasteiger partial charge in [-0.3, -0.25) is 14.5 Å². The number of piperidine rings is 2. The molecular formula is C26H32N4O4. The molecule has 2 saturated heterocycles. The number of benzene rings is 2. The number of nitrogens with one attached hydrogen (secondary N) is 1. The van der Waals surface area contributed by atoms with E-state index in [1.54, 1.807) is 24.3 Å². The Labute approximate surface area is 199 Å². The summed E-state index contributed by atoms with van der Waals surface area (Å²) in [7, 11) is 0. The van der Waals surface area contributed by atoms with Gasteiger partial charge in [0.25, 0.3) is 5.91 Å². The van der Waals surface area contributed by atoms with Crippen LogP contribution < -0.4 is 16.0 Å². The summed E-state index contributed by atoms with van der Waals surface area (Å²) in [5.41, 5.74) is 7.82. The van der Waals surface area contributed by atoms with Crippen LogP contribution in [0.25, 0.3) is 0 Å². The predicted molar refractivity (Wildman–Crippen MR) is 131 cm³/mol. The Morgan fingerprint density at radius 2 is 1.68 bits per heavy atom. The number of nitrogens with zero attached hydrogens (tertiary/aromatic N) is 2. The summed E-state index contributed by atoms with van der Waals surface area (Å²) in [5.74, 6) is -1.65. The number of carboxylic acids is 1. The van der Waals surface area contributed by atoms with Gasteiger partial charge in [-0.15, -0.1) is 0 Å². The first-order valence-corrected chi connectivity index (χ1v) is 11.9. The van der Waals surface area contributed by atoms with E-state index in [1.165, 1.54) is 12.5 Å². The van der Waals surface area contributed by atoms with Crippen molar-refractivity contribution < 1.29 is 19.5 Å². The maximum absolute atomic E-state index is 12.6. The summed E-state index contributed by atoms with van der Waals surface area (Å²) < 4.78 is 0. The Kier molecular flexibility index (Phi) is 6.88. The first-order valence-electron chi connectivity index (χ1n) is 11.9. The molecule has 34 heavy (non-hydrogen) atoms. The maximum Gasteiger partial charge on any atom is 0.337 e. The first kappa shape index (κ1) is 23.8. The highest BCUT2D eigenvalue weighted by molar-refractivity contribution is 6.05. The second kappa shape index (κ2) is 9.85. The number of likely N-dealkylation sites (tertiary alicyclic amines) is 1. The van der Waals surface area contributed by atoms with Crippen LogP contribution in [0.5, 0.6) is 0 Å². The van der Waals surface area contributed by atoms with Crippen LogP contribution in [0.2, 0.25) is 0 Å². The van der Waals surface area contributed by atoms with Crippen LogP contribution in [0.3, 0.4) is 0 Å². The summed E-state index contributed by atoms with van der Waals surface area (Å²) >= 11 is 0. The summed E-state index contributed by atoms with van der Waals surface area (Å²) in [4.78, 5) is 41.4. The molecule has 0 aliphatic carbocycles. The van der Waals surface area contributed by atoms with E-state index in [-0.39, 0.29) is 17.4 Å². The highest BCUT2D eigenvalue weighted by Crippen LogP contribution is 2.35. The van der Waals surface area contributed by atoms with Crippen molar-refractivity contribution in [2.24, 2.45) is 5.73 Å². The van der Waals surface area contributed by atoms with Gasteiger partial charge in [0.1, 0.15) is 5.54 Å².